The van der Waals surface area contributed by atoms with Gasteiger partial charge in [0.25, 0.3) is 0 Å². The first-order chi connectivity index (χ1) is 9.30. The Bertz CT molecular complexity index is 532. The second-order valence-corrected chi connectivity index (χ2v) is 6.31. The van der Waals surface area contributed by atoms with Gasteiger partial charge in [0.1, 0.15) is 6.04 Å². The molecule has 2 rings (SSSR count). The molecule has 0 fully saturated rings. The number of para-hydroxylation sites is 1. The number of rotatable bonds is 2. The topological polar surface area (TPSA) is 49.4 Å². The largest absolute Gasteiger partial charge is 0.344 e. The van der Waals surface area contributed by atoms with Gasteiger partial charge in [0.05, 0.1) is 0 Å². The zero-order valence-corrected chi connectivity index (χ0v) is 12.6. The Morgan fingerprint density at radius 3 is 2.55 bits per heavy atom. The average Bonchev–Trinajstić information content (AvgIpc) is 2.80. The third-order valence-electron chi connectivity index (χ3n) is 3.55. The monoisotopic (exact) mass is 274 g/mol. The Kier molecular flexibility index (Phi) is 3.84. The lowest BCUT2D eigenvalue weighted by molar-refractivity contribution is -0.132. The van der Waals surface area contributed by atoms with E-state index in [0.717, 1.165) is 12.1 Å². The van der Waals surface area contributed by atoms with Gasteiger partial charge in [-0.15, -0.1) is 0 Å². The van der Waals surface area contributed by atoms with Gasteiger partial charge in [-0.2, -0.15) is 0 Å². The summed E-state index contributed by atoms with van der Waals surface area (Å²) in [5, 5.41) is 2.80. The molecule has 0 unspecified atom stereocenters. The summed E-state index contributed by atoms with van der Waals surface area (Å²) in [7, 11) is 0. The molecule has 0 aromatic heterocycles. The van der Waals surface area contributed by atoms with Gasteiger partial charge in [-0.3, -0.25) is 9.59 Å². The maximum Gasteiger partial charge on any atom is 0.249 e. The normalized spacial score (nSPS) is 15.7. The van der Waals surface area contributed by atoms with Crippen molar-refractivity contribution in [3.63, 3.8) is 0 Å². The fourth-order valence-electron chi connectivity index (χ4n) is 2.28. The molecule has 1 aliphatic heterocycles. The van der Waals surface area contributed by atoms with E-state index in [0.29, 0.717) is 6.54 Å². The fourth-order valence-corrected chi connectivity index (χ4v) is 2.28. The van der Waals surface area contributed by atoms with Crippen LogP contribution in [-0.4, -0.2) is 24.4 Å². The zero-order chi connectivity index (χ0) is 14.9. The number of hydrogen-bond acceptors (Lipinski definition) is 2. The van der Waals surface area contributed by atoms with Crippen LogP contribution < -0.4 is 10.2 Å². The van der Waals surface area contributed by atoms with E-state index in [-0.39, 0.29) is 11.8 Å². The molecule has 0 radical (unpaired) electrons. The van der Waals surface area contributed by atoms with E-state index in [4.69, 9.17) is 0 Å². The summed E-state index contributed by atoms with van der Waals surface area (Å²) in [5.41, 5.74) is 1.67. The molecule has 0 bridgehead atoms. The SMILES string of the molecule is C[C@H](NC(=O)C(C)(C)C)C(=O)N1CCc2ccccc21. The molecule has 0 spiro atoms. The lowest BCUT2D eigenvalue weighted by atomic mass is 9.95. The molecule has 1 atom stereocenters. The van der Waals surface area contributed by atoms with Crippen LogP contribution in [0, 0.1) is 5.41 Å². The highest BCUT2D eigenvalue weighted by Crippen LogP contribution is 2.28. The van der Waals surface area contributed by atoms with E-state index in [1.54, 1.807) is 11.8 Å². The van der Waals surface area contributed by atoms with Crippen molar-refractivity contribution in [1.82, 2.24) is 5.32 Å². The summed E-state index contributed by atoms with van der Waals surface area (Å²) in [6.45, 7) is 7.95. The van der Waals surface area contributed by atoms with Gasteiger partial charge in [0.2, 0.25) is 11.8 Å². The van der Waals surface area contributed by atoms with Gasteiger partial charge in [-0.05, 0) is 25.0 Å². The van der Waals surface area contributed by atoms with Crippen LogP contribution in [0.25, 0.3) is 0 Å². The molecule has 2 amide bonds. The van der Waals surface area contributed by atoms with Crippen LogP contribution in [0.2, 0.25) is 0 Å². The molecule has 108 valence electrons. The lowest BCUT2D eigenvalue weighted by Gasteiger charge is -2.25. The van der Waals surface area contributed by atoms with Gasteiger partial charge < -0.3 is 10.2 Å². The van der Waals surface area contributed by atoms with Crippen molar-refractivity contribution in [3.05, 3.63) is 29.8 Å². The predicted molar refractivity (Wildman–Crippen MR) is 79.6 cm³/mol. The van der Waals surface area contributed by atoms with E-state index in [1.165, 1.54) is 5.56 Å². The molecule has 1 heterocycles. The molecular formula is C16H22N2O2. The Hall–Kier alpha value is -1.84. The van der Waals surface area contributed by atoms with E-state index in [1.807, 2.05) is 45.0 Å². The zero-order valence-electron chi connectivity index (χ0n) is 12.6. The van der Waals surface area contributed by atoms with Crippen molar-refractivity contribution in [2.75, 3.05) is 11.4 Å². The van der Waals surface area contributed by atoms with E-state index in [9.17, 15) is 9.59 Å². The highest BCUT2D eigenvalue weighted by atomic mass is 16.2. The summed E-state index contributed by atoms with van der Waals surface area (Å²) in [6, 6.07) is 7.41. The highest BCUT2D eigenvalue weighted by Gasteiger charge is 2.30. The Morgan fingerprint density at radius 1 is 1.25 bits per heavy atom. The molecular weight excluding hydrogens is 252 g/mol. The molecule has 0 saturated heterocycles. The van der Waals surface area contributed by atoms with E-state index in [2.05, 4.69) is 5.32 Å². The number of nitrogens with one attached hydrogen (secondary N) is 1. The minimum absolute atomic E-state index is 0.0486. The van der Waals surface area contributed by atoms with Crippen molar-refractivity contribution >= 4 is 17.5 Å². The minimum atomic E-state index is -0.507. The van der Waals surface area contributed by atoms with Crippen molar-refractivity contribution in [1.29, 1.82) is 0 Å². The van der Waals surface area contributed by atoms with Crippen LogP contribution in [0.3, 0.4) is 0 Å². The van der Waals surface area contributed by atoms with Crippen LogP contribution in [-0.2, 0) is 16.0 Å². The molecule has 0 aliphatic carbocycles. The van der Waals surface area contributed by atoms with Gasteiger partial charge >= 0.3 is 0 Å². The maximum absolute atomic E-state index is 12.5. The van der Waals surface area contributed by atoms with Crippen molar-refractivity contribution in [2.45, 2.75) is 40.2 Å². The van der Waals surface area contributed by atoms with Crippen LogP contribution in [0.1, 0.15) is 33.3 Å². The third-order valence-corrected chi connectivity index (χ3v) is 3.55. The standard InChI is InChI=1S/C16H22N2O2/c1-11(17-15(20)16(2,3)4)14(19)18-10-9-12-7-5-6-8-13(12)18/h5-8,11H,9-10H2,1-4H3,(H,17,20)/t11-/m0/s1. The van der Waals surface area contributed by atoms with Crippen LogP contribution in [0.15, 0.2) is 24.3 Å². The van der Waals surface area contributed by atoms with Crippen molar-refractivity contribution in [2.24, 2.45) is 5.41 Å². The number of nitrogens with zero attached hydrogens (tertiary/aromatic N) is 1. The van der Waals surface area contributed by atoms with E-state index < -0.39 is 11.5 Å². The molecule has 1 N–H and O–H groups in total. The fraction of sp³-hybridized carbons (Fsp3) is 0.500. The summed E-state index contributed by atoms with van der Waals surface area (Å²) in [4.78, 5) is 26.2. The highest BCUT2D eigenvalue weighted by molar-refractivity contribution is 6.00. The number of hydrogen-bond donors (Lipinski definition) is 1. The summed E-state index contributed by atoms with van der Waals surface area (Å²) < 4.78 is 0. The molecule has 1 aromatic carbocycles. The molecule has 1 aromatic rings. The lowest BCUT2D eigenvalue weighted by Crippen LogP contribution is -2.49. The molecule has 1 aliphatic rings. The number of fused-ring (bicyclic) bond motifs is 1. The molecule has 20 heavy (non-hydrogen) atoms. The summed E-state index contributed by atoms with van der Waals surface area (Å²) in [5.74, 6) is -0.154. The average molecular weight is 274 g/mol. The smallest absolute Gasteiger partial charge is 0.249 e. The van der Waals surface area contributed by atoms with Gasteiger partial charge in [-0.1, -0.05) is 39.0 Å². The predicted octanol–water partition coefficient (Wildman–Crippen LogP) is 2.13. The quantitative estimate of drug-likeness (QED) is 0.898. The second-order valence-electron chi connectivity index (χ2n) is 6.31. The van der Waals surface area contributed by atoms with Crippen molar-refractivity contribution in [3.8, 4) is 0 Å². The van der Waals surface area contributed by atoms with Gasteiger partial charge in [0, 0.05) is 17.6 Å². The summed E-state index contributed by atoms with van der Waals surface area (Å²) in [6.07, 6.45) is 0.877. The van der Waals surface area contributed by atoms with Gasteiger partial charge in [0.15, 0.2) is 0 Å². The first-order valence-corrected chi connectivity index (χ1v) is 7.01. The summed E-state index contributed by atoms with van der Waals surface area (Å²) >= 11 is 0. The minimum Gasteiger partial charge on any atom is -0.344 e. The molecule has 4 nitrogen and oxygen atoms in total. The van der Waals surface area contributed by atoms with Crippen LogP contribution >= 0.6 is 0 Å². The van der Waals surface area contributed by atoms with E-state index >= 15 is 0 Å². The maximum atomic E-state index is 12.5. The number of anilines is 1. The first-order valence-electron chi connectivity index (χ1n) is 7.01. The Balaban J connectivity index is 2.08. The Morgan fingerprint density at radius 2 is 1.90 bits per heavy atom. The van der Waals surface area contributed by atoms with Crippen LogP contribution in [0.4, 0.5) is 5.69 Å². The number of benzene rings is 1. The molecule has 4 heteroatoms. The number of carbonyl (C=O) groups excluding carboxylic acids is 2. The number of amides is 2. The first kappa shape index (κ1) is 14.6. The molecule has 0 saturated carbocycles. The van der Waals surface area contributed by atoms with Crippen LogP contribution in [0.5, 0.6) is 0 Å². The Labute approximate surface area is 120 Å². The second kappa shape index (κ2) is 5.27. The number of carbonyl (C=O) groups is 2. The van der Waals surface area contributed by atoms with Gasteiger partial charge in [-0.25, -0.2) is 0 Å². The van der Waals surface area contributed by atoms with Crippen molar-refractivity contribution < 1.29 is 9.59 Å². The third kappa shape index (κ3) is 2.84.